The Morgan fingerprint density at radius 1 is 1.55 bits per heavy atom. The van der Waals surface area contributed by atoms with Gasteiger partial charge in [0.15, 0.2) is 11.2 Å². The lowest BCUT2D eigenvalue weighted by molar-refractivity contribution is -0.118. The van der Waals surface area contributed by atoms with Crippen LogP contribution in [-0.2, 0) is 30.4 Å². The predicted molar refractivity (Wildman–Crippen MR) is 113 cm³/mol. The number of amides is 1. The van der Waals surface area contributed by atoms with Gasteiger partial charge in [-0.05, 0) is 24.6 Å². The summed E-state index contributed by atoms with van der Waals surface area (Å²) in [4.78, 5) is 45.2. The van der Waals surface area contributed by atoms with E-state index < -0.39 is 18.5 Å². The molecule has 1 aliphatic rings. The highest BCUT2D eigenvalue weighted by molar-refractivity contribution is 8.07. The second-order valence-electron chi connectivity index (χ2n) is 7.18. The standard InChI is InChI=1S/C17H23N6O6PS/c1-10(2)15(24)21-17-20-14-13(16(25)22-17)19-9-23(14)12-5-4-11(29-12)8-28-30(26,31)27-7-3-6-18/h9-12H,3-5,7-8H2,1-2H3,(H,26,31)(H2,20,21,22,24,25). The molecule has 14 heteroatoms. The topological polar surface area (TPSA) is 164 Å². The van der Waals surface area contributed by atoms with Crippen molar-refractivity contribution < 1.29 is 23.5 Å². The molecule has 3 heterocycles. The van der Waals surface area contributed by atoms with Crippen molar-refractivity contribution in [3.05, 3.63) is 16.7 Å². The third-order valence-corrected chi connectivity index (χ3v) is 6.10. The van der Waals surface area contributed by atoms with Crippen LogP contribution in [0.25, 0.3) is 11.2 Å². The van der Waals surface area contributed by atoms with E-state index in [1.807, 2.05) is 6.07 Å². The van der Waals surface area contributed by atoms with Gasteiger partial charge in [-0.1, -0.05) is 13.8 Å². The van der Waals surface area contributed by atoms with Gasteiger partial charge >= 0.3 is 6.72 Å². The minimum absolute atomic E-state index is 0.00461. The number of fused-ring (bicyclic) bond motifs is 1. The summed E-state index contributed by atoms with van der Waals surface area (Å²) < 4.78 is 17.9. The Hall–Kier alpha value is -2.20. The lowest BCUT2D eigenvalue weighted by Crippen LogP contribution is -2.22. The van der Waals surface area contributed by atoms with Crippen LogP contribution >= 0.6 is 6.72 Å². The number of hydrogen-bond acceptors (Lipinski definition) is 9. The number of aromatic nitrogens is 4. The maximum absolute atomic E-state index is 12.3. The first kappa shape index (κ1) is 23.5. The first-order chi connectivity index (χ1) is 14.7. The van der Waals surface area contributed by atoms with Gasteiger partial charge in [-0.2, -0.15) is 10.2 Å². The van der Waals surface area contributed by atoms with Crippen molar-refractivity contribution in [2.24, 2.45) is 5.92 Å². The Kier molecular flexibility index (Phi) is 7.53. The van der Waals surface area contributed by atoms with Gasteiger partial charge in [0.1, 0.15) is 6.23 Å². The van der Waals surface area contributed by atoms with E-state index in [4.69, 9.17) is 30.9 Å². The van der Waals surface area contributed by atoms with Gasteiger partial charge in [-0.25, -0.2) is 4.98 Å². The Labute approximate surface area is 182 Å². The molecular weight excluding hydrogens is 447 g/mol. The smallest absolute Gasteiger partial charge is 0.324 e. The second kappa shape index (κ2) is 9.95. The number of imidazole rings is 1. The number of nitrogens with zero attached hydrogens (tertiary/aromatic N) is 4. The predicted octanol–water partition coefficient (Wildman–Crippen LogP) is 1.56. The zero-order chi connectivity index (χ0) is 22.6. The minimum atomic E-state index is -3.44. The molecule has 0 aromatic carbocycles. The van der Waals surface area contributed by atoms with E-state index in [0.29, 0.717) is 12.8 Å². The van der Waals surface area contributed by atoms with Crippen molar-refractivity contribution in [2.45, 2.75) is 45.4 Å². The lowest BCUT2D eigenvalue weighted by Gasteiger charge is -2.19. The molecule has 3 atom stereocenters. The first-order valence-corrected chi connectivity index (χ1v) is 12.2. The van der Waals surface area contributed by atoms with E-state index >= 15 is 0 Å². The minimum Gasteiger partial charge on any atom is -0.352 e. The second-order valence-corrected chi connectivity index (χ2v) is 10.0. The maximum Gasteiger partial charge on any atom is 0.324 e. The number of H-pyrrole nitrogens is 1. The molecule has 3 rings (SSSR count). The molecule has 1 fully saturated rings. The number of carbonyl (C=O) groups is 1. The summed E-state index contributed by atoms with van der Waals surface area (Å²) >= 11 is 4.90. The summed E-state index contributed by atoms with van der Waals surface area (Å²) in [5.74, 6) is -0.523. The zero-order valence-electron chi connectivity index (χ0n) is 17.0. The molecule has 0 bridgehead atoms. The van der Waals surface area contributed by atoms with Crippen molar-refractivity contribution in [3.63, 3.8) is 0 Å². The number of ether oxygens (including phenoxy) is 1. The fourth-order valence-corrected chi connectivity index (χ4v) is 4.05. The Balaban J connectivity index is 1.68. The van der Waals surface area contributed by atoms with Crippen molar-refractivity contribution in [2.75, 3.05) is 18.5 Å². The molecule has 0 radical (unpaired) electrons. The van der Waals surface area contributed by atoms with Gasteiger partial charge in [0.25, 0.3) is 5.56 Å². The number of nitrogens with one attached hydrogen (secondary N) is 2. The molecule has 0 saturated carbocycles. The van der Waals surface area contributed by atoms with Crippen LogP contribution in [0.1, 0.15) is 39.3 Å². The van der Waals surface area contributed by atoms with Gasteiger partial charge in [0, 0.05) is 5.92 Å². The van der Waals surface area contributed by atoms with Gasteiger partial charge in [0.2, 0.25) is 11.9 Å². The maximum atomic E-state index is 12.3. The van der Waals surface area contributed by atoms with E-state index in [0.717, 1.165) is 0 Å². The van der Waals surface area contributed by atoms with Crippen LogP contribution in [-0.4, -0.2) is 49.6 Å². The highest BCUT2D eigenvalue weighted by Crippen LogP contribution is 2.44. The number of rotatable bonds is 9. The summed E-state index contributed by atoms with van der Waals surface area (Å²) in [7, 11) is 0. The number of carbonyl (C=O) groups excluding carboxylic acids is 1. The third kappa shape index (κ3) is 5.94. The third-order valence-electron chi connectivity index (χ3n) is 4.49. The molecule has 3 N–H and O–H groups in total. The van der Waals surface area contributed by atoms with Crippen LogP contribution in [0.15, 0.2) is 11.1 Å². The van der Waals surface area contributed by atoms with E-state index in [9.17, 15) is 14.5 Å². The van der Waals surface area contributed by atoms with Crippen LogP contribution in [0.3, 0.4) is 0 Å². The molecule has 2 aromatic heterocycles. The summed E-state index contributed by atoms with van der Waals surface area (Å²) in [6.45, 7) is 0.0283. The molecule has 31 heavy (non-hydrogen) atoms. The summed E-state index contributed by atoms with van der Waals surface area (Å²) in [6, 6.07) is 1.89. The summed E-state index contributed by atoms with van der Waals surface area (Å²) in [5, 5.41) is 11.1. The molecule has 168 valence electrons. The zero-order valence-corrected chi connectivity index (χ0v) is 18.7. The molecule has 0 spiro atoms. The van der Waals surface area contributed by atoms with Crippen molar-refractivity contribution in [1.82, 2.24) is 19.5 Å². The monoisotopic (exact) mass is 470 g/mol. The fourth-order valence-electron chi connectivity index (χ4n) is 2.89. The van der Waals surface area contributed by atoms with Crippen molar-refractivity contribution in [3.8, 4) is 6.07 Å². The highest BCUT2D eigenvalue weighted by Gasteiger charge is 2.30. The average molecular weight is 470 g/mol. The summed E-state index contributed by atoms with van der Waals surface area (Å²) in [5.41, 5.74) is -0.0692. The summed E-state index contributed by atoms with van der Waals surface area (Å²) in [6.07, 6.45) is 1.93. The number of anilines is 1. The Morgan fingerprint density at radius 3 is 3.03 bits per heavy atom. The molecule has 3 unspecified atom stereocenters. The van der Waals surface area contributed by atoms with Crippen LogP contribution in [0.4, 0.5) is 5.95 Å². The highest BCUT2D eigenvalue weighted by atomic mass is 32.5. The molecule has 0 aliphatic carbocycles. The molecular formula is C17H23N6O6PS. The van der Waals surface area contributed by atoms with Gasteiger partial charge < -0.3 is 18.7 Å². The molecule has 12 nitrogen and oxygen atoms in total. The van der Waals surface area contributed by atoms with Gasteiger partial charge in [-0.15, -0.1) is 0 Å². The van der Waals surface area contributed by atoms with Gasteiger partial charge in [-0.3, -0.25) is 24.5 Å². The van der Waals surface area contributed by atoms with E-state index in [1.54, 1.807) is 18.4 Å². The van der Waals surface area contributed by atoms with Crippen LogP contribution in [0.5, 0.6) is 0 Å². The van der Waals surface area contributed by atoms with Crippen LogP contribution < -0.4 is 10.9 Å². The van der Waals surface area contributed by atoms with Crippen LogP contribution in [0, 0.1) is 17.2 Å². The quantitative estimate of drug-likeness (QED) is 0.362. The molecule has 2 aromatic rings. The SMILES string of the molecule is CC(C)C(=O)Nc1nc2c(ncn2C2CCC(COP(O)(=S)OCCC#N)O2)c(=O)[nH]1. The largest absolute Gasteiger partial charge is 0.352 e. The van der Waals surface area contributed by atoms with E-state index in [-0.39, 0.29) is 54.7 Å². The van der Waals surface area contributed by atoms with E-state index in [1.165, 1.54) is 6.33 Å². The first-order valence-electron chi connectivity index (χ1n) is 9.62. The number of aromatic amines is 1. The van der Waals surface area contributed by atoms with E-state index in [2.05, 4.69) is 20.3 Å². The Morgan fingerprint density at radius 2 is 2.32 bits per heavy atom. The van der Waals surface area contributed by atoms with Crippen LogP contribution in [0.2, 0.25) is 0 Å². The lowest BCUT2D eigenvalue weighted by atomic mass is 10.2. The normalized spacial score (nSPS) is 20.6. The molecule has 1 saturated heterocycles. The Bertz CT molecular complexity index is 1090. The van der Waals surface area contributed by atoms with Crippen molar-refractivity contribution in [1.29, 1.82) is 5.26 Å². The van der Waals surface area contributed by atoms with Gasteiger partial charge in [0.05, 0.1) is 38.1 Å². The number of hydrogen-bond donors (Lipinski definition) is 3. The fraction of sp³-hybridized carbons (Fsp3) is 0.588. The molecule has 1 amide bonds. The van der Waals surface area contributed by atoms with Crippen molar-refractivity contribution >= 4 is 41.5 Å². The number of nitriles is 1. The molecule has 1 aliphatic heterocycles. The average Bonchev–Trinajstić information content (AvgIpc) is 3.33.